The first kappa shape index (κ1) is 21.1. The number of anilines is 1. The Kier molecular flexibility index (Phi) is 5.97. The van der Waals surface area contributed by atoms with Gasteiger partial charge in [0.05, 0.1) is 11.7 Å². The maximum Gasteiger partial charge on any atom is 0.263 e. The monoisotopic (exact) mass is 521 g/mol. The third-order valence-corrected chi connectivity index (χ3v) is 6.45. The lowest BCUT2D eigenvalue weighted by molar-refractivity contribution is -0.118. The third-order valence-electron chi connectivity index (χ3n) is 4.60. The van der Waals surface area contributed by atoms with Crippen LogP contribution in [0.1, 0.15) is 13.0 Å². The predicted octanol–water partition coefficient (Wildman–Crippen LogP) is 6.39. The van der Waals surface area contributed by atoms with Crippen LogP contribution in [0.4, 0.5) is 5.69 Å². The number of rotatable bonds is 4. The van der Waals surface area contributed by atoms with E-state index in [0.717, 1.165) is 15.6 Å². The van der Waals surface area contributed by atoms with E-state index in [1.54, 1.807) is 25.1 Å². The Morgan fingerprint density at radius 1 is 1.17 bits per heavy atom. The van der Waals surface area contributed by atoms with Crippen molar-refractivity contribution < 1.29 is 4.79 Å². The Labute approximate surface area is 194 Å². The SMILES string of the molecule is CC(C(=O)Nc1cc(Cl)cc(Cl)c1)n1cnc2scc(-c3ccc(Br)cc3)c2c1=O. The molecule has 1 unspecified atom stereocenters. The molecule has 0 saturated carbocycles. The van der Waals surface area contributed by atoms with Gasteiger partial charge in [0.25, 0.3) is 5.56 Å². The molecule has 4 rings (SSSR count). The van der Waals surface area contributed by atoms with Gasteiger partial charge in [0.2, 0.25) is 5.91 Å². The molecule has 0 saturated heterocycles. The van der Waals surface area contributed by atoms with Gasteiger partial charge in [0.1, 0.15) is 10.9 Å². The molecule has 1 N–H and O–H groups in total. The molecular formula is C21H14BrCl2N3O2S. The van der Waals surface area contributed by atoms with E-state index in [9.17, 15) is 9.59 Å². The maximum atomic E-state index is 13.3. The summed E-state index contributed by atoms with van der Waals surface area (Å²) in [7, 11) is 0. The van der Waals surface area contributed by atoms with Gasteiger partial charge in [0.15, 0.2) is 0 Å². The zero-order valence-electron chi connectivity index (χ0n) is 15.5. The quantitative estimate of drug-likeness (QED) is 0.337. The van der Waals surface area contributed by atoms with E-state index in [0.29, 0.717) is 25.9 Å². The zero-order chi connectivity index (χ0) is 21.4. The fraction of sp³-hybridized carbons (Fsp3) is 0.0952. The first-order chi connectivity index (χ1) is 14.3. The van der Waals surface area contributed by atoms with Crippen LogP contribution in [0.3, 0.4) is 0 Å². The highest BCUT2D eigenvalue weighted by molar-refractivity contribution is 9.10. The molecule has 2 aromatic heterocycles. The van der Waals surface area contributed by atoms with Crippen molar-refractivity contribution in [3.05, 3.63) is 79.0 Å². The molecule has 0 aliphatic rings. The molecule has 2 aromatic carbocycles. The molecule has 152 valence electrons. The Morgan fingerprint density at radius 2 is 1.83 bits per heavy atom. The Bertz CT molecular complexity index is 1300. The summed E-state index contributed by atoms with van der Waals surface area (Å²) < 4.78 is 2.28. The van der Waals surface area contributed by atoms with Crippen molar-refractivity contribution in [3.63, 3.8) is 0 Å². The van der Waals surface area contributed by atoms with Crippen LogP contribution in [-0.4, -0.2) is 15.5 Å². The van der Waals surface area contributed by atoms with Crippen LogP contribution < -0.4 is 10.9 Å². The number of hydrogen-bond acceptors (Lipinski definition) is 4. The van der Waals surface area contributed by atoms with E-state index in [1.807, 2.05) is 29.6 Å². The second-order valence-electron chi connectivity index (χ2n) is 6.62. The fourth-order valence-electron chi connectivity index (χ4n) is 3.06. The van der Waals surface area contributed by atoms with Crippen molar-refractivity contribution in [3.8, 4) is 11.1 Å². The van der Waals surface area contributed by atoms with Crippen LogP contribution >= 0.6 is 50.5 Å². The minimum Gasteiger partial charge on any atom is -0.324 e. The van der Waals surface area contributed by atoms with Crippen LogP contribution in [0.25, 0.3) is 21.3 Å². The summed E-state index contributed by atoms with van der Waals surface area (Å²) in [5.74, 6) is -0.378. The van der Waals surface area contributed by atoms with Crippen LogP contribution in [0.5, 0.6) is 0 Å². The highest BCUT2D eigenvalue weighted by Gasteiger charge is 2.20. The van der Waals surface area contributed by atoms with Gasteiger partial charge >= 0.3 is 0 Å². The maximum absolute atomic E-state index is 13.3. The molecule has 0 aliphatic carbocycles. The van der Waals surface area contributed by atoms with E-state index in [1.165, 1.54) is 22.2 Å². The summed E-state index contributed by atoms with van der Waals surface area (Å²) >= 11 is 16.8. The van der Waals surface area contributed by atoms with Crippen LogP contribution in [-0.2, 0) is 4.79 Å². The third kappa shape index (κ3) is 4.16. The van der Waals surface area contributed by atoms with E-state index in [2.05, 4.69) is 26.2 Å². The molecule has 0 spiro atoms. The smallest absolute Gasteiger partial charge is 0.263 e. The predicted molar refractivity (Wildman–Crippen MR) is 127 cm³/mol. The van der Waals surface area contributed by atoms with Gasteiger partial charge in [-0.25, -0.2) is 4.98 Å². The van der Waals surface area contributed by atoms with Crippen molar-refractivity contribution in [1.29, 1.82) is 0 Å². The number of benzene rings is 2. The zero-order valence-corrected chi connectivity index (χ0v) is 19.4. The average Bonchev–Trinajstić information content (AvgIpc) is 3.12. The number of aromatic nitrogens is 2. The molecule has 9 heteroatoms. The second-order valence-corrected chi connectivity index (χ2v) is 9.26. The molecule has 0 fully saturated rings. The Morgan fingerprint density at radius 3 is 2.50 bits per heavy atom. The van der Waals surface area contributed by atoms with Crippen molar-refractivity contribution in [2.24, 2.45) is 0 Å². The molecule has 0 aliphatic heterocycles. The second kappa shape index (κ2) is 8.51. The highest BCUT2D eigenvalue weighted by Crippen LogP contribution is 2.31. The first-order valence-electron chi connectivity index (χ1n) is 8.84. The standard InChI is InChI=1S/C21H14BrCl2N3O2S/c1-11(19(28)26-16-7-14(23)6-15(24)8-16)27-10-25-20-18(21(27)29)17(9-30-20)12-2-4-13(22)5-3-12/h2-11H,1H3,(H,26,28). The van der Waals surface area contributed by atoms with E-state index in [-0.39, 0.29) is 11.5 Å². The normalized spacial score (nSPS) is 12.1. The van der Waals surface area contributed by atoms with Gasteiger partial charge in [-0.2, -0.15) is 0 Å². The van der Waals surface area contributed by atoms with Crippen molar-refractivity contribution >= 4 is 72.3 Å². The number of nitrogens with zero attached hydrogens (tertiary/aromatic N) is 2. The summed E-state index contributed by atoms with van der Waals surface area (Å²) in [6.07, 6.45) is 1.40. The fourth-order valence-corrected chi connectivity index (χ4v) is 4.76. The topological polar surface area (TPSA) is 64.0 Å². The minimum atomic E-state index is -0.787. The Hall–Kier alpha value is -2.19. The molecular weight excluding hydrogens is 509 g/mol. The van der Waals surface area contributed by atoms with Crippen LogP contribution in [0.15, 0.2) is 63.4 Å². The van der Waals surface area contributed by atoms with Crippen LogP contribution in [0.2, 0.25) is 10.0 Å². The molecule has 4 aromatic rings. The van der Waals surface area contributed by atoms with Gasteiger partial charge in [-0.15, -0.1) is 11.3 Å². The number of amides is 1. The number of carbonyl (C=O) groups excluding carboxylic acids is 1. The van der Waals surface area contributed by atoms with Crippen LogP contribution in [0, 0.1) is 0 Å². The largest absolute Gasteiger partial charge is 0.324 e. The molecule has 1 amide bonds. The number of fused-ring (bicyclic) bond motifs is 1. The minimum absolute atomic E-state index is 0.272. The number of thiophene rings is 1. The summed E-state index contributed by atoms with van der Waals surface area (Å²) in [4.78, 5) is 31.0. The Balaban J connectivity index is 1.71. The van der Waals surface area contributed by atoms with Crippen molar-refractivity contribution in [2.75, 3.05) is 5.32 Å². The lowest BCUT2D eigenvalue weighted by Crippen LogP contribution is -2.31. The van der Waals surface area contributed by atoms with Crippen molar-refractivity contribution in [1.82, 2.24) is 9.55 Å². The molecule has 30 heavy (non-hydrogen) atoms. The summed E-state index contributed by atoms with van der Waals surface area (Å²) in [6.45, 7) is 1.64. The highest BCUT2D eigenvalue weighted by atomic mass is 79.9. The molecule has 0 radical (unpaired) electrons. The van der Waals surface area contributed by atoms with Gasteiger partial charge in [0, 0.05) is 31.1 Å². The average molecular weight is 523 g/mol. The first-order valence-corrected chi connectivity index (χ1v) is 11.3. The number of carbonyl (C=O) groups is 1. The molecule has 5 nitrogen and oxygen atoms in total. The number of hydrogen-bond donors (Lipinski definition) is 1. The molecule has 1 atom stereocenters. The van der Waals surface area contributed by atoms with Gasteiger partial charge in [-0.05, 0) is 42.8 Å². The molecule has 2 heterocycles. The van der Waals surface area contributed by atoms with Gasteiger partial charge in [-0.3, -0.25) is 14.2 Å². The lowest BCUT2D eigenvalue weighted by atomic mass is 10.1. The van der Waals surface area contributed by atoms with Crippen molar-refractivity contribution in [2.45, 2.75) is 13.0 Å². The molecule has 0 bridgehead atoms. The van der Waals surface area contributed by atoms with Gasteiger partial charge in [-0.1, -0.05) is 51.3 Å². The number of nitrogens with one attached hydrogen (secondary N) is 1. The lowest BCUT2D eigenvalue weighted by Gasteiger charge is -2.15. The van der Waals surface area contributed by atoms with E-state index in [4.69, 9.17) is 23.2 Å². The number of halogens is 3. The summed E-state index contributed by atoms with van der Waals surface area (Å²) in [6, 6.07) is 11.7. The summed E-state index contributed by atoms with van der Waals surface area (Å²) in [5, 5.41) is 5.96. The van der Waals surface area contributed by atoms with E-state index < -0.39 is 6.04 Å². The van der Waals surface area contributed by atoms with Gasteiger partial charge < -0.3 is 5.32 Å². The summed E-state index contributed by atoms with van der Waals surface area (Å²) in [5.41, 5.74) is 1.89. The van der Waals surface area contributed by atoms with E-state index >= 15 is 0 Å².